The van der Waals surface area contributed by atoms with Gasteiger partial charge in [-0.25, -0.2) is 4.98 Å². The van der Waals surface area contributed by atoms with Crippen LogP contribution in [0, 0.1) is 0 Å². The zero-order chi connectivity index (χ0) is 12.4. The molecule has 0 saturated heterocycles. The van der Waals surface area contributed by atoms with E-state index in [-0.39, 0.29) is 0 Å². The maximum atomic E-state index is 5.54. The molecule has 0 radical (unpaired) electrons. The van der Waals surface area contributed by atoms with Crippen LogP contribution in [0.2, 0.25) is 0 Å². The van der Waals surface area contributed by atoms with Gasteiger partial charge >= 0.3 is 0 Å². The van der Waals surface area contributed by atoms with E-state index in [2.05, 4.69) is 32.1 Å². The van der Waals surface area contributed by atoms with Gasteiger partial charge in [-0.3, -0.25) is 4.90 Å². The molecule has 3 heterocycles. The zero-order valence-corrected chi connectivity index (χ0v) is 11.2. The number of thiophene rings is 1. The number of aromatic nitrogens is 2. The van der Waals surface area contributed by atoms with Gasteiger partial charge in [0.2, 0.25) is 0 Å². The van der Waals surface area contributed by atoms with Gasteiger partial charge in [-0.15, -0.1) is 11.3 Å². The van der Waals surface area contributed by atoms with Crippen LogP contribution in [0.1, 0.15) is 16.1 Å². The minimum Gasteiger partial charge on any atom is -0.336 e. The molecule has 0 aliphatic carbocycles. The van der Waals surface area contributed by atoms with Crippen molar-refractivity contribution >= 4 is 11.3 Å². The average Bonchev–Trinajstić information content (AvgIpc) is 2.98. The van der Waals surface area contributed by atoms with Gasteiger partial charge in [0.05, 0.1) is 12.0 Å². The Balaban J connectivity index is 1.63. The van der Waals surface area contributed by atoms with Gasteiger partial charge in [-0.2, -0.15) is 0 Å². The Labute approximate surface area is 111 Å². The van der Waals surface area contributed by atoms with E-state index < -0.39 is 0 Å². The molecule has 0 saturated carbocycles. The standard InChI is InChI=1S/C13H18N4S/c14-3-5-17-9-12(15-10-17)8-16-4-1-13-11(7-16)2-6-18-13/h2,6,9-10H,1,3-5,7-8,14H2. The average molecular weight is 262 g/mol. The summed E-state index contributed by atoms with van der Waals surface area (Å²) in [6.07, 6.45) is 5.16. The Morgan fingerprint density at radius 1 is 1.44 bits per heavy atom. The second-order valence-corrected chi connectivity index (χ2v) is 5.72. The summed E-state index contributed by atoms with van der Waals surface area (Å²) >= 11 is 1.88. The number of nitrogens with two attached hydrogens (primary N) is 1. The fraction of sp³-hybridized carbons (Fsp3) is 0.462. The Hall–Kier alpha value is -1.17. The number of imidazole rings is 1. The van der Waals surface area contributed by atoms with E-state index in [1.807, 2.05) is 17.7 Å². The van der Waals surface area contributed by atoms with Crippen LogP contribution in [0.5, 0.6) is 0 Å². The summed E-state index contributed by atoms with van der Waals surface area (Å²) in [7, 11) is 0. The molecule has 0 amide bonds. The molecule has 0 unspecified atom stereocenters. The highest BCUT2D eigenvalue weighted by atomic mass is 32.1. The highest BCUT2D eigenvalue weighted by molar-refractivity contribution is 7.10. The van der Waals surface area contributed by atoms with Crippen molar-refractivity contribution in [3.8, 4) is 0 Å². The van der Waals surface area contributed by atoms with Crippen molar-refractivity contribution in [2.24, 2.45) is 5.73 Å². The van der Waals surface area contributed by atoms with Crippen molar-refractivity contribution in [3.63, 3.8) is 0 Å². The molecule has 0 spiro atoms. The molecule has 0 fully saturated rings. The van der Waals surface area contributed by atoms with Gasteiger partial charge < -0.3 is 10.3 Å². The minimum absolute atomic E-state index is 0.664. The molecule has 2 N–H and O–H groups in total. The normalized spacial score (nSPS) is 15.8. The van der Waals surface area contributed by atoms with Crippen molar-refractivity contribution in [1.29, 1.82) is 0 Å². The van der Waals surface area contributed by atoms with E-state index >= 15 is 0 Å². The van der Waals surface area contributed by atoms with E-state index in [4.69, 9.17) is 5.73 Å². The molecule has 1 aliphatic rings. The molecule has 0 aromatic carbocycles. The first-order valence-electron chi connectivity index (χ1n) is 6.33. The third-order valence-electron chi connectivity index (χ3n) is 3.35. The summed E-state index contributed by atoms with van der Waals surface area (Å²) < 4.78 is 2.06. The van der Waals surface area contributed by atoms with Crippen molar-refractivity contribution in [2.75, 3.05) is 13.1 Å². The molecule has 18 heavy (non-hydrogen) atoms. The van der Waals surface area contributed by atoms with Crippen LogP contribution in [0.4, 0.5) is 0 Å². The predicted molar refractivity (Wildman–Crippen MR) is 73.4 cm³/mol. The van der Waals surface area contributed by atoms with E-state index in [9.17, 15) is 0 Å². The molecule has 0 bridgehead atoms. The smallest absolute Gasteiger partial charge is 0.0950 e. The summed E-state index contributed by atoms with van der Waals surface area (Å²) in [6, 6.07) is 2.25. The molecule has 5 heteroatoms. The van der Waals surface area contributed by atoms with Gasteiger partial charge in [0.25, 0.3) is 0 Å². The van der Waals surface area contributed by atoms with Crippen LogP contribution >= 0.6 is 11.3 Å². The van der Waals surface area contributed by atoms with E-state index in [0.717, 1.165) is 31.9 Å². The highest BCUT2D eigenvalue weighted by Crippen LogP contribution is 2.24. The van der Waals surface area contributed by atoms with Gasteiger partial charge in [-0.05, 0) is 23.4 Å². The summed E-state index contributed by atoms with van der Waals surface area (Å²) in [4.78, 5) is 8.46. The lowest BCUT2D eigenvalue weighted by atomic mass is 10.1. The van der Waals surface area contributed by atoms with Crippen LogP contribution in [0.3, 0.4) is 0 Å². The molecule has 2 aromatic heterocycles. The van der Waals surface area contributed by atoms with E-state index in [1.165, 1.54) is 12.0 Å². The quantitative estimate of drug-likeness (QED) is 0.907. The van der Waals surface area contributed by atoms with Crippen molar-refractivity contribution in [3.05, 3.63) is 40.1 Å². The maximum Gasteiger partial charge on any atom is 0.0950 e. The van der Waals surface area contributed by atoms with Crippen molar-refractivity contribution in [2.45, 2.75) is 26.1 Å². The third kappa shape index (κ3) is 2.48. The minimum atomic E-state index is 0.664. The van der Waals surface area contributed by atoms with Crippen molar-refractivity contribution in [1.82, 2.24) is 14.5 Å². The van der Waals surface area contributed by atoms with E-state index in [0.29, 0.717) is 6.54 Å². The van der Waals surface area contributed by atoms with Crippen LogP contribution in [-0.4, -0.2) is 27.5 Å². The van der Waals surface area contributed by atoms with E-state index in [1.54, 1.807) is 4.88 Å². The first kappa shape index (κ1) is 11.9. The molecule has 0 atom stereocenters. The highest BCUT2D eigenvalue weighted by Gasteiger charge is 2.17. The van der Waals surface area contributed by atoms with Gasteiger partial charge in [0, 0.05) is 43.8 Å². The lowest BCUT2D eigenvalue weighted by Gasteiger charge is -2.25. The van der Waals surface area contributed by atoms with Crippen LogP contribution in [0.15, 0.2) is 24.0 Å². The lowest BCUT2D eigenvalue weighted by Crippen LogP contribution is -2.29. The Morgan fingerprint density at radius 2 is 2.39 bits per heavy atom. The number of hydrogen-bond acceptors (Lipinski definition) is 4. The lowest BCUT2D eigenvalue weighted by molar-refractivity contribution is 0.245. The third-order valence-corrected chi connectivity index (χ3v) is 4.37. The molecular formula is C13H18N4S. The molecule has 2 aromatic rings. The van der Waals surface area contributed by atoms with Crippen LogP contribution in [-0.2, 0) is 26.1 Å². The summed E-state index contributed by atoms with van der Waals surface area (Å²) in [6.45, 7) is 4.64. The number of nitrogens with zero attached hydrogens (tertiary/aromatic N) is 3. The summed E-state index contributed by atoms with van der Waals surface area (Å²) in [5.41, 5.74) is 8.17. The SMILES string of the molecule is NCCn1cnc(CN2CCc3sccc3C2)c1. The molecule has 1 aliphatic heterocycles. The van der Waals surface area contributed by atoms with Crippen LogP contribution in [0.25, 0.3) is 0 Å². The van der Waals surface area contributed by atoms with Crippen LogP contribution < -0.4 is 5.73 Å². The molecular weight excluding hydrogens is 244 g/mol. The topological polar surface area (TPSA) is 47.1 Å². The first-order chi connectivity index (χ1) is 8.85. The molecule has 4 nitrogen and oxygen atoms in total. The first-order valence-corrected chi connectivity index (χ1v) is 7.21. The van der Waals surface area contributed by atoms with Gasteiger partial charge in [0.15, 0.2) is 0 Å². The number of hydrogen-bond donors (Lipinski definition) is 1. The van der Waals surface area contributed by atoms with Gasteiger partial charge in [-0.1, -0.05) is 0 Å². The Bertz CT molecular complexity index is 517. The zero-order valence-electron chi connectivity index (χ0n) is 10.4. The predicted octanol–water partition coefficient (Wildman–Crippen LogP) is 1.46. The summed E-state index contributed by atoms with van der Waals surface area (Å²) in [5.74, 6) is 0. The Morgan fingerprint density at radius 3 is 3.28 bits per heavy atom. The fourth-order valence-electron chi connectivity index (χ4n) is 2.43. The molecule has 3 rings (SSSR count). The largest absolute Gasteiger partial charge is 0.336 e. The second kappa shape index (κ2) is 5.22. The summed E-state index contributed by atoms with van der Waals surface area (Å²) in [5, 5.41) is 2.20. The molecule has 96 valence electrons. The Kier molecular flexibility index (Phi) is 3.45. The fourth-order valence-corrected chi connectivity index (χ4v) is 3.32. The second-order valence-electron chi connectivity index (χ2n) is 4.72. The maximum absolute atomic E-state index is 5.54. The monoisotopic (exact) mass is 262 g/mol. The van der Waals surface area contributed by atoms with Crippen molar-refractivity contribution < 1.29 is 0 Å². The number of rotatable bonds is 4. The number of fused-ring (bicyclic) bond motifs is 1. The van der Waals surface area contributed by atoms with Gasteiger partial charge in [0.1, 0.15) is 0 Å².